The van der Waals surface area contributed by atoms with Crippen molar-refractivity contribution in [1.29, 1.82) is 0 Å². The molecule has 0 aliphatic heterocycles. The minimum atomic E-state index is 0.0982. The molecule has 0 amide bonds. The Morgan fingerprint density at radius 2 is 1.26 bits per heavy atom. The van der Waals surface area contributed by atoms with Crippen molar-refractivity contribution in [3.63, 3.8) is 0 Å². The third-order valence-electron chi connectivity index (χ3n) is 3.80. The Balaban J connectivity index is 2.60. The second-order valence-corrected chi connectivity index (χ2v) is 8.99. The van der Waals surface area contributed by atoms with Crippen LogP contribution < -0.4 is 7.29 Å². The summed E-state index contributed by atoms with van der Waals surface area (Å²) in [5.41, 5.74) is 1.41. The van der Waals surface area contributed by atoms with Crippen LogP contribution in [-0.4, -0.2) is 53.2 Å². The van der Waals surface area contributed by atoms with Gasteiger partial charge in [0, 0.05) is 0 Å². The second-order valence-electron chi connectivity index (χ2n) is 4.86. The van der Waals surface area contributed by atoms with Crippen molar-refractivity contribution in [2.24, 2.45) is 0 Å². The molecule has 4 heteroatoms. The zero-order valence-corrected chi connectivity index (χ0v) is 16.5. The van der Waals surface area contributed by atoms with Gasteiger partial charge >= 0.3 is 136 Å². The molecule has 19 heavy (non-hydrogen) atoms. The zero-order valence-electron chi connectivity index (χ0n) is 11.4. The summed E-state index contributed by atoms with van der Waals surface area (Å²) < 4.78 is 3.98. The average Bonchev–Trinajstić information content (AvgIpc) is 2.47. The van der Waals surface area contributed by atoms with Gasteiger partial charge in [0.2, 0.25) is 0 Å². The Morgan fingerprint density at radius 1 is 0.842 bits per heavy atom. The van der Waals surface area contributed by atoms with Crippen molar-refractivity contribution in [1.82, 2.24) is 0 Å². The summed E-state index contributed by atoms with van der Waals surface area (Å²) in [7, 11) is 0. The summed E-state index contributed by atoms with van der Waals surface area (Å²) in [4.78, 5) is 0. The SMILES string of the molecule is [CH2]=[Al][N]([AlH2])c1c2ccccc2[c]([AlH2])c2ccccc12. The molecule has 0 aliphatic carbocycles. The first-order valence-corrected chi connectivity index (χ1v) is 9.72. The van der Waals surface area contributed by atoms with E-state index >= 15 is 0 Å². The molecule has 0 saturated heterocycles. The van der Waals surface area contributed by atoms with Gasteiger partial charge in [0.15, 0.2) is 0 Å². The molecular formula is C15H14Al3N. The van der Waals surface area contributed by atoms with E-state index in [9.17, 15) is 0 Å². The number of rotatable bonds is 2. The zero-order chi connectivity index (χ0) is 13.4. The van der Waals surface area contributed by atoms with Gasteiger partial charge in [-0.2, -0.15) is 0 Å². The molecule has 88 valence electrons. The van der Waals surface area contributed by atoms with Gasteiger partial charge in [0.1, 0.15) is 0 Å². The van der Waals surface area contributed by atoms with E-state index in [0.717, 1.165) is 32.8 Å². The number of fused-ring (bicyclic) bond motifs is 2. The fourth-order valence-corrected chi connectivity index (χ4v) is 4.61. The van der Waals surface area contributed by atoms with Crippen molar-refractivity contribution in [2.75, 3.05) is 2.87 Å². The topological polar surface area (TPSA) is 3.24 Å². The van der Waals surface area contributed by atoms with Crippen molar-refractivity contribution >= 4 is 84.8 Å². The molecule has 0 heterocycles. The molecule has 0 bridgehead atoms. The van der Waals surface area contributed by atoms with Crippen molar-refractivity contribution in [3.05, 3.63) is 48.5 Å². The van der Waals surface area contributed by atoms with Gasteiger partial charge in [0.25, 0.3) is 0 Å². The van der Waals surface area contributed by atoms with Crippen LogP contribution in [0.15, 0.2) is 48.5 Å². The Labute approximate surface area is 135 Å². The molecule has 0 atom stereocenters. The summed E-state index contributed by atoms with van der Waals surface area (Å²) in [6, 6.07) is 17.7. The molecule has 0 fully saturated rings. The van der Waals surface area contributed by atoms with Crippen LogP contribution >= 0.6 is 0 Å². The van der Waals surface area contributed by atoms with Crippen molar-refractivity contribution in [2.45, 2.75) is 0 Å². The van der Waals surface area contributed by atoms with E-state index < -0.39 is 0 Å². The summed E-state index contributed by atoms with van der Waals surface area (Å²) in [6.07, 6.45) is 0. The van der Waals surface area contributed by atoms with E-state index in [4.69, 9.17) is 0 Å². The molecule has 0 aliphatic rings. The first-order chi connectivity index (χ1) is 9.24. The van der Waals surface area contributed by atoms with E-state index in [1.807, 2.05) is 0 Å². The predicted octanol–water partition coefficient (Wildman–Crippen LogP) is 0.657. The molecular weight excluding hydrogens is 275 g/mol. The Kier molecular flexibility index (Phi) is 3.85. The van der Waals surface area contributed by atoms with Gasteiger partial charge < -0.3 is 0 Å². The van der Waals surface area contributed by atoms with Gasteiger partial charge in [-0.1, -0.05) is 0 Å². The van der Waals surface area contributed by atoms with E-state index in [1.165, 1.54) is 31.7 Å². The molecule has 0 saturated carbocycles. The normalized spacial score (nSPS) is 10.5. The van der Waals surface area contributed by atoms with Crippen LogP contribution in [0.1, 0.15) is 0 Å². The minimum absolute atomic E-state index is 0.0982. The number of nitrogens with zero attached hydrogens (tertiary/aromatic N) is 1. The van der Waals surface area contributed by atoms with Crippen LogP contribution in [0.5, 0.6) is 0 Å². The summed E-state index contributed by atoms with van der Waals surface area (Å²) in [6.45, 7) is 0. The molecule has 0 spiro atoms. The van der Waals surface area contributed by atoms with E-state index in [0.29, 0.717) is 0 Å². The molecule has 0 radical (unpaired) electrons. The fourth-order valence-electron chi connectivity index (χ4n) is 2.79. The van der Waals surface area contributed by atoms with Crippen molar-refractivity contribution in [3.8, 4) is 0 Å². The van der Waals surface area contributed by atoms with Gasteiger partial charge in [-0.05, 0) is 0 Å². The van der Waals surface area contributed by atoms with Crippen LogP contribution in [0.3, 0.4) is 0 Å². The monoisotopic (exact) mass is 289 g/mol. The quantitative estimate of drug-likeness (QED) is 0.495. The van der Waals surface area contributed by atoms with Gasteiger partial charge in [0.05, 0.1) is 0 Å². The first kappa shape index (κ1) is 13.4. The van der Waals surface area contributed by atoms with Gasteiger partial charge in [-0.25, -0.2) is 0 Å². The van der Waals surface area contributed by atoms with Crippen LogP contribution in [0.4, 0.5) is 5.69 Å². The average molecular weight is 289 g/mol. The molecule has 3 aromatic carbocycles. The predicted molar refractivity (Wildman–Crippen MR) is 93.5 cm³/mol. The van der Waals surface area contributed by atoms with E-state index in [1.54, 1.807) is 0 Å². The van der Waals surface area contributed by atoms with Crippen LogP contribution in [0.25, 0.3) is 21.5 Å². The molecule has 0 aromatic heterocycles. The molecule has 3 rings (SSSR count). The van der Waals surface area contributed by atoms with Gasteiger partial charge in [-0.3, -0.25) is 0 Å². The van der Waals surface area contributed by atoms with E-state index in [2.05, 4.69) is 56.8 Å². The molecule has 3 aromatic rings. The maximum atomic E-state index is 4.15. The van der Waals surface area contributed by atoms with Gasteiger partial charge in [-0.15, -0.1) is 0 Å². The first-order valence-electron chi connectivity index (χ1n) is 6.49. The third kappa shape index (κ3) is 2.21. The summed E-state index contributed by atoms with van der Waals surface area (Å²) in [5.74, 6) is 0. The Bertz CT molecular complexity index is 726. The molecule has 0 unspecified atom stereocenters. The number of benzene rings is 3. The second kappa shape index (κ2) is 5.44. The Hall–Kier alpha value is -0.553. The maximum absolute atomic E-state index is 4.15. The Morgan fingerprint density at radius 3 is 1.68 bits per heavy atom. The molecule has 0 N–H and O–H groups in total. The van der Waals surface area contributed by atoms with Crippen LogP contribution in [0.2, 0.25) is 0 Å². The van der Waals surface area contributed by atoms with Crippen LogP contribution in [0, 0.1) is 0 Å². The summed E-state index contributed by atoms with van der Waals surface area (Å²) in [5, 5.41) is 9.81. The van der Waals surface area contributed by atoms with E-state index in [-0.39, 0.29) is 15.0 Å². The third-order valence-corrected chi connectivity index (χ3v) is 7.22. The standard InChI is InChI=1S/C14H8N.CH2.3Al.4H/c15-14-12-7-3-1-5-10(12)9-11-6-2-4-8-13(11)14;;;;;;;;/h1-8H;1H2;;;;;;;. The number of hydrogen-bond donors (Lipinski definition) is 0. The summed E-state index contributed by atoms with van der Waals surface area (Å²) >= 11 is 2.21. The van der Waals surface area contributed by atoms with Crippen LogP contribution in [-0.2, 0) is 0 Å². The fraction of sp³-hybridized carbons (Fsp3) is 0. The van der Waals surface area contributed by atoms with Crippen molar-refractivity contribution < 1.29 is 0 Å². The molecule has 1 nitrogen and oxygen atoms in total. The number of anilines is 1. The number of hydrogen-bond acceptors (Lipinski definition) is 1.